The predicted octanol–water partition coefficient (Wildman–Crippen LogP) is 3.28. The van der Waals surface area contributed by atoms with Gasteiger partial charge in [-0.3, -0.25) is 0 Å². The number of aromatic nitrogens is 2. The quantitative estimate of drug-likeness (QED) is 0.584. The van der Waals surface area contributed by atoms with Crippen molar-refractivity contribution in [2.45, 2.75) is 46.5 Å². The van der Waals surface area contributed by atoms with Crippen LogP contribution in [0.4, 0.5) is 5.82 Å². The molecular weight excluding hydrogens is 254 g/mol. The molecule has 1 rings (SSSR count). The molecule has 0 aliphatic carbocycles. The molecule has 0 aliphatic heterocycles. The summed E-state index contributed by atoms with van der Waals surface area (Å²) in [6.45, 7) is 7.53. The number of hydrogen-bond donors (Lipinski definition) is 1. The van der Waals surface area contributed by atoms with Gasteiger partial charge in [0.05, 0.1) is 7.11 Å². The fraction of sp³-hybridized carbons (Fsp3) is 0.667. The third-order valence-electron chi connectivity index (χ3n) is 3.26. The van der Waals surface area contributed by atoms with Gasteiger partial charge >= 0.3 is 5.97 Å². The van der Waals surface area contributed by atoms with E-state index in [-0.39, 0.29) is 11.1 Å². The van der Waals surface area contributed by atoms with Crippen molar-refractivity contribution in [3.63, 3.8) is 0 Å². The Morgan fingerprint density at radius 1 is 1.30 bits per heavy atom. The summed E-state index contributed by atoms with van der Waals surface area (Å²) in [7, 11) is 1.33. The molecule has 0 atom stereocenters. The molecule has 0 fully saturated rings. The van der Waals surface area contributed by atoms with Crippen molar-refractivity contribution in [1.29, 1.82) is 0 Å². The monoisotopic (exact) mass is 279 g/mol. The lowest BCUT2D eigenvalue weighted by atomic mass is 9.87. The van der Waals surface area contributed by atoms with Gasteiger partial charge in [0.2, 0.25) is 0 Å². The first kappa shape index (κ1) is 16.4. The van der Waals surface area contributed by atoms with Crippen LogP contribution in [0.15, 0.2) is 12.1 Å². The topological polar surface area (TPSA) is 64.1 Å². The zero-order valence-electron chi connectivity index (χ0n) is 12.9. The van der Waals surface area contributed by atoms with E-state index in [1.54, 1.807) is 12.1 Å². The van der Waals surface area contributed by atoms with Gasteiger partial charge < -0.3 is 10.1 Å². The number of carbonyl (C=O) groups is 1. The summed E-state index contributed by atoms with van der Waals surface area (Å²) in [5.41, 5.74) is 0.443. The highest BCUT2D eigenvalue weighted by atomic mass is 16.5. The summed E-state index contributed by atoms with van der Waals surface area (Å²) in [5, 5.41) is 11.1. The van der Waals surface area contributed by atoms with Crippen LogP contribution in [-0.4, -0.2) is 29.8 Å². The normalized spacial score (nSPS) is 11.2. The maximum Gasteiger partial charge on any atom is 0.358 e. The van der Waals surface area contributed by atoms with Crippen molar-refractivity contribution in [2.75, 3.05) is 19.0 Å². The Balaban J connectivity index is 2.46. The molecule has 1 aromatic rings. The molecule has 0 bridgehead atoms. The Labute approximate surface area is 121 Å². The highest BCUT2D eigenvalue weighted by Crippen LogP contribution is 2.24. The third-order valence-corrected chi connectivity index (χ3v) is 3.26. The molecule has 1 N–H and O–H groups in total. The molecule has 0 aliphatic rings. The van der Waals surface area contributed by atoms with Gasteiger partial charge in [0.15, 0.2) is 5.69 Å². The molecule has 0 aromatic carbocycles. The highest BCUT2D eigenvalue weighted by molar-refractivity contribution is 5.86. The van der Waals surface area contributed by atoms with Crippen molar-refractivity contribution < 1.29 is 9.53 Å². The molecule has 0 spiro atoms. The standard InChI is InChI=1S/C15H25N3O2/c1-5-6-7-10-15(2,3)11-16-13-9-8-12(17-18-13)14(19)20-4/h8-9H,5-7,10-11H2,1-4H3,(H,16,18). The van der Waals surface area contributed by atoms with Crippen molar-refractivity contribution >= 4 is 11.8 Å². The second-order valence-corrected chi connectivity index (χ2v) is 5.77. The first-order valence-corrected chi connectivity index (χ1v) is 7.14. The van der Waals surface area contributed by atoms with Crippen molar-refractivity contribution in [2.24, 2.45) is 5.41 Å². The lowest BCUT2D eigenvalue weighted by molar-refractivity contribution is 0.0592. The Kier molecular flexibility index (Phi) is 6.42. The summed E-state index contributed by atoms with van der Waals surface area (Å²) in [6, 6.07) is 3.37. The maximum absolute atomic E-state index is 11.2. The van der Waals surface area contributed by atoms with Crippen LogP contribution in [0.5, 0.6) is 0 Å². The minimum absolute atomic E-state index is 0.220. The minimum Gasteiger partial charge on any atom is -0.464 e. The van der Waals surface area contributed by atoms with Crippen molar-refractivity contribution in [3.8, 4) is 0 Å². The zero-order valence-corrected chi connectivity index (χ0v) is 12.9. The third kappa shape index (κ3) is 5.55. The van der Waals surface area contributed by atoms with Gasteiger partial charge in [-0.15, -0.1) is 10.2 Å². The number of rotatable bonds is 8. The molecule has 5 heteroatoms. The summed E-state index contributed by atoms with van der Waals surface area (Å²) < 4.78 is 4.58. The Hall–Kier alpha value is -1.65. The number of anilines is 1. The molecule has 112 valence electrons. The molecule has 0 unspecified atom stereocenters. The molecule has 0 saturated carbocycles. The van der Waals surface area contributed by atoms with Crippen LogP contribution in [0, 0.1) is 5.41 Å². The van der Waals surface area contributed by atoms with Gasteiger partial charge in [0.1, 0.15) is 5.82 Å². The fourth-order valence-corrected chi connectivity index (χ4v) is 1.91. The zero-order chi connectivity index (χ0) is 15.0. The van der Waals surface area contributed by atoms with E-state index in [1.807, 2.05) is 0 Å². The first-order valence-electron chi connectivity index (χ1n) is 7.14. The predicted molar refractivity (Wildman–Crippen MR) is 79.8 cm³/mol. The van der Waals surface area contributed by atoms with E-state index in [0.717, 1.165) is 6.54 Å². The lowest BCUT2D eigenvalue weighted by Gasteiger charge is -2.25. The molecule has 1 heterocycles. The van der Waals surface area contributed by atoms with E-state index in [0.29, 0.717) is 5.82 Å². The molecule has 1 aromatic heterocycles. The van der Waals surface area contributed by atoms with Gasteiger partial charge in [-0.25, -0.2) is 4.79 Å². The largest absolute Gasteiger partial charge is 0.464 e. The Bertz CT molecular complexity index is 416. The molecule has 0 saturated heterocycles. The molecule has 0 amide bonds. The Morgan fingerprint density at radius 3 is 2.60 bits per heavy atom. The average molecular weight is 279 g/mol. The SMILES string of the molecule is CCCCCC(C)(C)CNc1ccc(C(=O)OC)nn1. The maximum atomic E-state index is 11.2. The van der Waals surface area contributed by atoms with E-state index in [9.17, 15) is 4.79 Å². The Morgan fingerprint density at radius 2 is 2.05 bits per heavy atom. The van der Waals surface area contributed by atoms with Crippen LogP contribution in [-0.2, 0) is 4.74 Å². The summed E-state index contributed by atoms with van der Waals surface area (Å²) in [5.74, 6) is 0.213. The number of nitrogens with one attached hydrogen (secondary N) is 1. The fourth-order valence-electron chi connectivity index (χ4n) is 1.91. The number of methoxy groups -OCH3 is 1. The number of unbranched alkanes of at least 4 members (excludes halogenated alkanes) is 2. The summed E-state index contributed by atoms with van der Waals surface area (Å²) in [6.07, 6.45) is 4.95. The van der Waals surface area contributed by atoms with E-state index in [4.69, 9.17) is 0 Å². The van der Waals surface area contributed by atoms with Gasteiger partial charge in [-0.05, 0) is 24.0 Å². The second kappa shape index (κ2) is 7.82. The summed E-state index contributed by atoms with van der Waals surface area (Å²) in [4.78, 5) is 11.2. The van der Waals surface area contributed by atoms with Crippen LogP contribution < -0.4 is 5.32 Å². The second-order valence-electron chi connectivity index (χ2n) is 5.77. The van der Waals surface area contributed by atoms with Crippen LogP contribution in [0.3, 0.4) is 0 Å². The van der Waals surface area contributed by atoms with E-state index >= 15 is 0 Å². The average Bonchev–Trinajstić information content (AvgIpc) is 2.45. The van der Waals surface area contributed by atoms with Crippen LogP contribution >= 0.6 is 0 Å². The van der Waals surface area contributed by atoms with Crippen molar-refractivity contribution in [1.82, 2.24) is 10.2 Å². The van der Waals surface area contributed by atoms with E-state index in [1.165, 1.54) is 32.8 Å². The molecule has 20 heavy (non-hydrogen) atoms. The number of ether oxygens (including phenoxy) is 1. The number of carbonyl (C=O) groups excluding carboxylic acids is 1. The van der Waals surface area contributed by atoms with Crippen LogP contribution in [0.2, 0.25) is 0 Å². The molecular formula is C15H25N3O2. The van der Waals surface area contributed by atoms with Crippen molar-refractivity contribution in [3.05, 3.63) is 17.8 Å². The van der Waals surface area contributed by atoms with E-state index < -0.39 is 5.97 Å². The van der Waals surface area contributed by atoms with Gasteiger partial charge in [-0.1, -0.05) is 40.0 Å². The van der Waals surface area contributed by atoms with Gasteiger partial charge in [0.25, 0.3) is 0 Å². The first-order chi connectivity index (χ1) is 9.48. The molecule has 5 nitrogen and oxygen atoms in total. The van der Waals surface area contributed by atoms with Gasteiger partial charge in [-0.2, -0.15) is 0 Å². The van der Waals surface area contributed by atoms with Crippen LogP contribution in [0.1, 0.15) is 56.9 Å². The minimum atomic E-state index is -0.469. The smallest absolute Gasteiger partial charge is 0.358 e. The summed E-state index contributed by atoms with van der Waals surface area (Å²) >= 11 is 0. The lowest BCUT2D eigenvalue weighted by Crippen LogP contribution is -2.23. The van der Waals surface area contributed by atoms with Crippen LogP contribution in [0.25, 0.3) is 0 Å². The number of esters is 1. The van der Waals surface area contributed by atoms with Gasteiger partial charge in [0, 0.05) is 6.54 Å². The molecule has 0 radical (unpaired) electrons. The highest BCUT2D eigenvalue weighted by Gasteiger charge is 2.17. The van der Waals surface area contributed by atoms with E-state index in [2.05, 4.69) is 41.0 Å². The number of hydrogen-bond acceptors (Lipinski definition) is 5. The number of nitrogens with zero attached hydrogens (tertiary/aromatic N) is 2.